The summed E-state index contributed by atoms with van der Waals surface area (Å²) in [6.45, 7) is 4.18. The lowest BCUT2D eigenvalue weighted by molar-refractivity contribution is 0.825. The summed E-state index contributed by atoms with van der Waals surface area (Å²) in [7, 11) is 0. The van der Waals surface area contributed by atoms with Gasteiger partial charge < -0.3 is 5.32 Å². The molecule has 0 aliphatic carbocycles. The largest absolute Gasteiger partial charge is 0.377 e. The van der Waals surface area contributed by atoms with Gasteiger partial charge in [-0.15, -0.1) is 0 Å². The van der Waals surface area contributed by atoms with Crippen molar-refractivity contribution in [3.8, 4) is 0 Å². The Morgan fingerprint density at radius 2 is 2.19 bits per heavy atom. The molecule has 1 unspecified atom stereocenters. The third-order valence-corrected chi connectivity index (χ3v) is 2.87. The van der Waals surface area contributed by atoms with E-state index in [2.05, 4.69) is 63.5 Å². The van der Waals surface area contributed by atoms with Gasteiger partial charge in [0.25, 0.3) is 0 Å². The van der Waals surface area contributed by atoms with Gasteiger partial charge in [0.2, 0.25) is 0 Å². The first kappa shape index (κ1) is 11.2. The number of hydrogen-bond donors (Lipinski definition) is 2. The summed E-state index contributed by atoms with van der Waals surface area (Å²) >= 11 is 3.49. The fraction of sp³-hybridized carbons (Fsp3) is 0.250. The number of H-pyrrole nitrogens is 1. The maximum Gasteiger partial charge on any atom is 0.0651 e. The van der Waals surface area contributed by atoms with Crippen molar-refractivity contribution in [1.82, 2.24) is 10.2 Å². The molecule has 1 aromatic carbocycles. The molecule has 0 bridgehead atoms. The molecule has 0 radical (unpaired) electrons. The van der Waals surface area contributed by atoms with E-state index in [1.54, 1.807) is 6.20 Å². The molecule has 2 rings (SSSR count). The predicted molar refractivity (Wildman–Crippen MR) is 69.5 cm³/mol. The highest BCUT2D eigenvalue weighted by molar-refractivity contribution is 9.10. The molecule has 84 valence electrons. The number of benzene rings is 1. The van der Waals surface area contributed by atoms with E-state index in [1.807, 2.05) is 6.07 Å². The van der Waals surface area contributed by atoms with E-state index in [1.165, 1.54) is 5.56 Å². The number of aromatic amines is 1. The average molecular weight is 280 g/mol. The van der Waals surface area contributed by atoms with Crippen LogP contribution in [0, 0.1) is 6.92 Å². The molecule has 0 amide bonds. The van der Waals surface area contributed by atoms with E-state index in [0.717, 1.165) is 15.9 Å². The third-order valence-electron chi connectivity index (χ3n) is 2.41. The van der Waals surface area contributed by atoms with Crippen LogP contribution in [-0.2, 0) is 0 Å². The minimum absolute atomic E-state index is 0.219. The van der Waals surface area contributed by atoms with E-state index in [-0.39, 0.29) is 6.04 Å². The lowest BCUT2D eigenvalue weighted by atomic mass is 10.2. The first-order valence-electron chi connectivity index (χ1n) is 5.18. The van der Waals surface area contributed by atoms with Crippen LogP contribution in [0.3, 0.4) is 0 Å². The normalized spacial score (nSPS) is 12.4. The molecule has 3 nitrogen and oxygen atoms in total. The molecule has 1 aromatic heterocycles. The number of nitrogens with zero attached hydrogens (tertiary/aromatic N) is 1. The van der Waals surface area contributed by atoms with Crippen molar-refractivity contribution in [2.45, 2.75) is 19.9 Å². The van der Waals surface area contributed by atoms with Crippen LogP contribution in [0.15, 0.2) is 34.9 Å². The van der Waals surface area contributed by atoms with Gasteiger partial charge in [-0.1, -0.05) is 15.9 Å². The van der Waals surface area contributed by atoms with Crippen molar-refractivity contribution in [2.24, 2.45) is 0 Å². The zero-order chi connectivity index (χ0) is 11.5. The molecule has 0 spiro atoms. The van der Waals surface area contributed by atoms with Crippen LogP contribution in [0.25, 0.3) is 0 Å². The Balaban J connectivity index is 2.15. The molecular formula is C12H14BrN3. The number of nitrogens with one attached hydrogen (secondary N) is 2. The number of anilines is 1. The molecule has 2 N–H and O–H groups in total. The van der Waals surface area contributed by atoms with Crippen LogP contribution in [-0.4, -0.2) is 10.2 Å². The van der Waals surface area contributed by atoms with Gasteiger partial charge in [0.15, 0.2) is 0 Å². The summed E-state index contributed by atoms with van der Waals surface area (Å²) in [5.74, 6) is 0. The Labute approximate surface area is 103 Å². The standard InChI is InChI=1S/C12H14BrN3/c1-8-5-10(13)7-11(6-8)15-9(2)12-3-4-14-16-12/h3-7,9,15H,1-2H3,(H,14,16). The van der Waals surface area contributed by atoms with Crippen molar-refractivity contribution >= 4 is 21.6 Å². The molecule has 0 saturated carbocycles. The van der Waals surface area contributed by atoms with Gasteiger partial charge in [-0.3, -0.25) is 5.10 Å². The Bertz CT molecular complexity index is 445. The van der Waals surface area contributed by atoms with Crippen LogP contribution >= 0.6 is 15.9 Å². The van der Waals surface area contributed by atoms with Crippen molar-refractivity contribution in [3.63, 3.8) is 0 Å². The minimum Gasteiger partial charge on any atom is -0.377 e. The highest BCUT2D eigenvalue weighted by Crippen LogP contribution is 2.22. The van der Waals surface area contributed by atoms with Crippen molar-refractivity contribution in [1.29, 1.82) is 0 Å². The Morgan fingerprint density at radius 1 is 1.38 bits per heavy atom. The van der Waals surface area contributed by atoms with Gasteiger partial charge in [0.1, 0.15) is 0 Å². The average Bonchev–Trinajstić information content (AvgIpc) is 2.68. The third kappa shape index (κ3) is 2.64. The molecule has 16 heavy (non-hydrogen) atoms. The van der Waals surface area contributed by atoms with Gasteiger partial charge >= 0.3 is 0 Å². The van der Waals surface area contributed by atoms with Crippen LogP contribution in [0.4, 0.5) is 5.69 Å². The fourth-order valence-electron chi connectivity index (χ4n) is 1.66. The van der Waals surface area contributed by atoms with E-state index in [4.69, 9.17) is 0 Å². The topological polar surface area (TPSA) is 40.7 Å². The van der Waals surface area contributed by atoms with Gasteiger partial charge in [-0.25, -0.2) is 0 Å². The number of aromatic nitrogens is 2. The summed E-state index contributed by atoms with van der Waals surface area (Å²) in [6, 6.07) is 8.47. The van der Waals surface area contributed by atoms with Crippen LogP contribution in [0.5, 0.6) is 0 Å². The maximum absolute atomic E-state index is 3.95. The van der Waals surface area contributed by atoms with Crippen molar-refractivity contribution in [3.05, 3.63) is 46.2 Å². The SMILES string of the molecule is Cc1cc(Br)cc(NC(C)c2ccn[nH]2)c1. The van der Waals surface area contributed by atoms with Crippen LogP contribution in [0.1, 0.15) is 24.2 Å². The lowest BCUT2D eigenvalue weighted by Crippen LogP contribution is -2.07. The molecule has 1 heterocycles. The number of rotatable bonds is 3. The first-order valence-corrected chi connectivity index (χ1v) is 5.97. The molecule has 0 saturated heterocycles. The Kier molecular flexibility index (Phi) is 3.29. The monoisotopic (exact) mass is 279 g/mol. The number of aryl methyl sites for hydroxylation is 1. The first-order chi connectivity index (χ1) is 7.65. The Morgan fingerprint density at radius 3 is 2.81 bits per heavy atom. The number of hydrogen-bond acceptors (Lipinski definition) is 2. The van der Waals surface area contributed by atoms with Gasteiger partial charge in [-0.05, 0) is 43.7 Å². The van der Waals surface area contributed by atoms with Gasteiger partial charge in [-0.2, -0.15) is 5.10 Å². The summed E-state index contributed by atoms with van der Waals surface area (Å²) in [5, 5.41) is 10.3. The molecule has 0 fully saturated rings. The molecule has 4 heteroatoms. The molecule has 0 aliphatic rings. The summed E-state index contributed by atoms with van der Waals surface area (Å²) in [5.41, 5.74) is 3.42. The highest BCUT2D eigenvalue weighted by atomic mass is 79.9. The molecule has 0 aliphatic heterocycles. The molecule has 2 aromatic rings. The predicted octanol–water partition coefficient (Wildman–Crippen LogP) is 3.65. The van der Waals surface area contributed by atoms with Gasteiger partial charge in [0.05, 0.1) is 11.7 Å². The van der Waals surface area contributed by atoms with Crippen molar-refractivity contribution in [2.75, 3.05) is 5.32 Å². The highest BCUT2D eigenvalue weighted by Gasteiger charge is 2.06. The van der Waals surface area contributed by atoms with E-state index in [0.29, 0.717) is 0 Å². The van der Waals surface area contributed by atoms with E-state index < -0.39 is 0 Å². The summed E-state index contributed by atoms with van der Waals surface area (Å²) in [4.78, 5) is 0. The second kappa shape index (κ2) is 4.70. The van der Waals surface area contributed by atoms with Gasteiger partial charge in [0, 0.05) is 16.4 Å². The van der Waals surface area contributed by atoms with E-state index in [9.17, 15) is 0 Å². The number of halogens is 1. The van der Waals surface area contributed by atoms with Crippen LogP contribution < -0.4 is 5.32 Å². The van der Waals surface area contributed by atoms with E-state index >= 15 is 0 Å². The zero-order valence-corrected chi connectivity index (χ0v) is 10.9. The quantitative estimate of drug-likeness (QED) is 0.900. The maximum atomic E-state index is 3.95. The second-order valence-corrected chi connectivity index (χ2v) is 4.81. The minimum atomic E-state index is 0.219. The lowest BCUT2D eigenvalue weighted by Gasteiger charge is -2.14. The molecule has 1 atom stereocenters. The molecular weight excluding hydrogens is 266 g/mol. The fourth-order valence-corrected chi connectivity index (χ4v) is 2.26. The summed E-state index contributed by atoms with van der Waals surface area (Å²) < 4.78 is 1.09. The summed E-state index contributed by atoms with van der Waals surface area (Å²) in [6.07, 6.45) is 1.76. The van der Waals surface area contributed by atoms with Crippen molar-refractivity contribution < 1.29 is 0 Å². The zero-order valence-electron chi connectivity index (χ0n) is 9.29. The van der Waals surface area contributed by atoms with Crippen LogP contribution in [0.2, 0.25) is 0 Å². The Hall–Kier alpha value is -1.29. The smallest absolute Gasteiger partial charge is 0.0651 e. The second-order valence-electron chi connectivity index (χ2n) is 3.90.